The molecule has 1 aromatic carbocycles. The largest absolute Gasteiger partial charge is 0.465 e. The van der Waals surface area contributed by atoms with Gasteiger partial charge in [-0.1, -0.05) is 11.6 Å². The lowest BCUT2D eigenvalue weighted by Gasteiger charge is -2.27. The summed E-state index contributed by atoms with van der Waals surface area (Å²) in [5, 5.41) is 0.336. The lowest BCUT2D eigenvalue weighted by atomic mass is 10.1. The van der Waals surface area contributed by atoms with E-state index in [1.54, 1.807) is 12.1 Å². The number of carbonyl (C=O) groups is 1. The molecular formula is C14H14Cl2N2O3. The second kappa shape index (κ2) is 5.83. The highest BCUT2D eigenvalue weighted by Crippen LogP contribution is 2.30. The van der Waals surface area contributed by atoms with Gasteiger partial charge in [0, 0.05) is 6.61 Å². The van der Waals surface area contributed by atoms with Gasteiger partial charge in [0.25, 0.3) is 0 Å². The Kier molecular flexibility index (Phi) is 4.06. The van der Waals surface area contributed by atoms with Crippen LogP contribution >= 0.6 is 23.2 Å². The molecule has 0 radical (unpaired) electrons. The maximum absolute atomic E-state index is 11.8. The molecule has 1 aliphatic rings. The van der Waals surface area contributed by atoms with Crippen molar-refractivity contribution in [3.05, 3.63) is 28.5 Å². The number of hydrogen-bond acceptors (Lipinski definition) is 4. The van der Waals surface area contributed by atoms with Crippen LogP contribution in [-0.2, 0) is 21.9 Å². The third kappa shape index (κ3) is 2.50. The Morgan fingerprint density at radius 1 is 1.57 bits per heavy atom. The fraction of sp³-hybridized carbons (Fsp3) is 0.429. The number of aromatic nitrogens is 2. The fourth-order valence-electron chi connectivity index (χ4n) is 2.43. The summed E-state index contributed by atoms with van der Waals surface area (Å²) in [5.74, 6) is 0.513. The molecule has 0 aliphatic carbocycles. The lowest BCUT2D eigenvalue weighted by Crippen LogP contribution is -2.31. The SMILES string of the molecule is COC(=O)c1ccc2nc(CCl)n(CC3CCO3)c2c1Cl. The summed E-state index contributed by atoms with van der Waals surface area (Å²) < 4.78 is 12.1. The first-order valence-electron chi connectivity index (χ1n) is 6.59. The molecule has 0 saturated carbocycles. The van der Waals surface area contributed by atoms with E-state index in [0.29, 0.717) is 34.0 Å². The van der Waals surface area contributed by atoms with E-state index in [4.69, 9.17) is 32.7 Å². The van der Waals surface area contributed by atoms with Crippen molar-refractivity contribution in [2.45, 2.75) is 24.9 Å². The zero-order valence-corrected chi connectivity index (χ0v) is 12.9. The molecule has 0 N–H and O–H groups in total. The van der Waals surface area contributed by atoms with E-state index < -0.39 is 5.97 Å². The van der Waals surface area contributed by atoms with E-state index in [2.05, 4.69) is 4.98 Å². The molecule has 112 valence electrons. The fourth-order valence-corrected chi connectivity index (χ4v) is 2.97. The third-order valence-corrected chi connectivity index (χ3v) is 4.25. The molecule has 1 fully saturated rings. The van der Waals surface area contributed by atoms with Crippen LogP contribution < -0.4 is 0 Å². The Hall–Kier alpha value is -1.30. The maximum Gasteiger partial charge on any atom is 0.339 e. The Morgan fingerprint density at radius 2 is 2.33 bits per heavy atom. The van der Waals surface area contributed by atoms with Crippen LogP contribution in [0.5, 0.6) is 0 Å². The summed E-state index contributed by atoms with van der Waals surface area (Å²) in [5.41, 5.74) is 1.73. The van der Waals surface area contributed by atoms with Crippen molar-refractivity contribution >= 4 is 40.2 Å². The minimum atomic E-state index is -0.470. The normalized spacial score (nSPS) is 17.8. The molecule has 7 heteroatoms. The van der Waals surface area contributed by atoms with Crippen LogP contribution in [0.2, 0.25) is 5.02 Å². The second-order valence-electron chi connectivity index (χ2n) is 4.84. The summed E-state index contributed by atoms with van der Waals surface area (Å²) in [6, 6.07) is 3.37. The van der Waals surface area contributed by atoms with E-state index in [-0.39, 0.29) is 12.0 Å². The molecule has 0 spiro atoms. The molecule has 1 atom stereocenters. The molecule has 0 amide bonds. The topological polar surface area (TPSA) is 53.3 Å². The van der Waals surface area contributed by atoms with Gasteiger partial charge < -0.3 is 14.0 Å². The highest BCUT2D eigenvalue weighted by atomic mass is 35.5. The van der Waals surface area contributed by atoms with Crippen LogP contribution in [0.15, 0.2) is 12.1 Å². The average molecular weight is 329 g/mol. The minimum absolute atomic E-state index is 0.141. The Morgan fingerprint density at radius 3 is 2.90 bits per heavy atom. The van der Waals surface area contributed by atoms with E-state index in [9.17, 15) is 4.79 Å². The number of rotatable bonds is 4. The molecule has 1 aromatic heterocycles. The van der Waals surface area contributed by atoms with Crippen LogP contribution in [0.25, 0.3) is 11.0 Å². The van der Waals surface area contributed by atoms with Gasteiger partial charge >= 0.3 is 5.97 Å². The van der Waals surface area contributed by atoms with Gasteiger partial charge in [0.2, 0.25) is 0 Å². The molecule has 2 aromatic rings. The van der Waals surface area contributed by atoms with Gasteiger partial charge in [-0.05, 0) is 18.6 Å². The molecular weight excluding hydrogens is 315 g/mol. The number of benzene rings is 1. The predicted molar refractivity (Wildman–Crippen MR) is 80.0 cm³/mol. The van der Waals surface area contributed by atoms with Crippen LogP contribution in [0.1, 0.15) is 22.6 Å². The average Bonchev–Trinajstić information content (AvgIpc) is 2.81. The number of hydrogen-bond donors (Lipinski definition) is 0. The van der Waals surface area contributed by atoms with Crippen molar-refractivity contribution in [3.8, 4) is 0 Å². The number of carbonyl (C=O) groups excluding carboxylic acids is 1. The third-order valence-electron chi connectivity index (χ3n) is 3.63. The first kappa shape index (κ1) is 14.6. The monoisotopic (exact) mass is 328 g/mol. The molecule has 0 bridgehead atoms. The first-order valence-corrected chi connectivity index (χ1v) is 7.50. The van der Waals surface area contributed by atoms with Gasteiger partial charge in [-0.2, -0.15) is 0 Å². The molecule has 5 nitrogen and oxygen atoms in total. The Labute approximate surface area is 131 Å². The summed E-state index contributed by atoms with van der Waals surface area (Å²) in [4.78, 5) is 16.2. The van der Waals surface area contributed by atoms with Gasteiger partial charge in [0.1, 0.15) is 5.82 Å². The summed E-state index contributed by atoms with van der Waals surface area (Å²) in [7, 11) is 1.33. The molecule has 3 rings (SSSR count). The molecule has 2 heterocycles. The molecule has 21 heavy (non-hydrogen) atoms. The summed E-state index contributed by atoms with van der Waals surface area (Å²) >= 11 is 12.4. The maximum atomic E-state index is 11.8. The van der Waals surface area contributed by atoms with Crippen LogP contribution in [0, 0.1) is 0 Å². The number of imidazole rings is 1. The van der Waals surface area contributed by atoms with E-state index in [0.717, 1.165) is 13.0 Å². The summed E-state index contributed by atoms with van der Waals surface area (Å²) in [6.45, 7) is 1.40. The predicted octanol–water partition coefficient (Wildman–Crippen LogP) is 3.00. The quantitative estimate of drug-likeness (QED) is 0.639. The van der Waals surface area contributed by atoms with Gasteiger partial charge in [0.05, 0.1) is 47.3 Å². The number of ether oxygens (including phenoxy) is 2. The molecule has 1 aliphatic heterocycles. The van der Waals surface area contributed by atoms with E-state index in [1.807, 2.05) is 4.57 Å². The van der Waals surface area contributed by atoms with Crippen molar-refractivity contribution in [1.82, 2.24) is 9.55 Å². The van der Waals surface area contributed by atoms with Crippen LogP contribution in [0.4, 0.5) is 0 Å². The zero-order valence-electron chi connectivity index (χ0n) is 11.4. The van der Waals surface area contributed by atoms with Crippen LogP contribution in [-0.4, -0.2) is 35.3 Å². The number of methoxy groups -OCH3 is 1. The van der Waals surface area contributed by atoms with Gasteiger partial charge in [0.15, 0.2) is 0 Å². The van der Waals surface area contributed by atoms with Crippen LogP contribution in [0.3, 0.4) is 0 Å². The highest BCUT2D eigenvalue weighted by molar-refractivity contribution is 6.38. The van der Waals surface area contributed by atoms with Gasteiger partial charge in [-0.3, -0.25) is 0 Å². The number of fused-ring (bicyclic) bond motifs is 1. The number of alkyl halides is 1. The van der Waals surface area contributed by atoms with Crippen molar-refractivity contribution < 1.29 is 14.3 Å². The highest BCUT2D eigenvalue weighted by Gasteiger charge is 2.24. The second-order valence-corrected chi connectivity index (χ2v) is 5.49. The van der Waals surface area contributed by atoms with Crippen molar-refractivity contribution in [3.63, 3.8) is 0 Å². The standard InChI is InChI=1S/C14H14Cl2N2O3/c1-20-14(19)9-2-3-10-13(12(9)16)18(11(6-15)17-10)7-8-4-5-21-8/h2-3,8H,4-7H2,1H3. The van der Waals surface area contributed by atoms with Gasteiger partial charge in [-0.25, -0.2) is 9.78 Å². The van der Waals surface area contributed by atoms with E-state index in [1.165, 1.54) is 7.11 Å². The number of esters is 1. The van der Waals surface area contributed by atoms with E-state index >= 15 is 0 Å². The van der Waals surface area contributed by atoms with Crippen molar-refractivity contribution in [2.75, 3.05) is 13.7 Å². The minimum Gasteiger partial charge on any atom is -0.465 e. The Bertz CT molecular complexity index is 695. The van der Waals surface area contributed by atoms with Crippen molar-refractivity contribution in [1.29, 1.82) is 0 Å². The number of halogens is 2. The first-order chi connectivity index (χ1) is 10.2. The van der Waals surface area contributed by atoms with Gasteiger partial charge in [-0.15, -0.1) is 11.6 Å². The zero-order chi connectivity index (χ0) is 15.0. The van der Waals surface area contributed by atoms with Crippen molar-refractivity contribution in [2.24, 2.45) is 0 Å². The molecule has 1 saturated heterocycles. The lowest BCUT2D eigenvalue weighted by molar-refractivity contribution is -0.0589. The smallest absolute Gasteiger partial charge is 0.339 e. The number of nitrogens with zero attached hydrogens (tertiary/aromatic N) is 2. The molecule has 1 unspecified atom stereocenters. The summed E-state index contributed by atoms with van der Waals surface area (Å²) in [6.07, 6.45) is 1.14. The Balaban J connectivity index is 2.14.